The number of amides is 1. The minimum absolute atomic E-state index is 0.173. The quantitative estimate of drug-likeness (QED) is 0.850. The lowest BCUT2D eigenvalue weighted by atomic mass is 10.3. The summed E-state index contributed by atoms with van der Waals surface area (Å²) in [5.41, 5.74) is 0. The lowest BCUT2D eigenvalue weighted by molar-refractivity contribution is 0.0634. The van der Waals surface area contributed by atoms with Gasteiger partial charge in [-0.25, -0.2) is 0 Å². The van der Waals surface area contributed by atoms with Crippen molar-refractivity contribution in [3.05, 3.63) is 43.2 Å². The molecule has 0 aliphatic carbocycles. The van der Waals surface area contributed by atoms with E-state index in [-0.39, 0.29) is 5.91 Å². The molecule has 0 spiro atoms. The fraction of sp³-hybridized carbons (Fsp3) is 0.400. The summed E-state index contributed by atoms with van der Waals surface area (Å²) in [6, 6.07) is 7.97. The van der Waals surface area contributed by atoms with E-state index in [4.69, 9.17) is 11.6 Å². The number of rotatable bonds is 3. The second kappa shape index (κ2) is 6.48. The van der Waals surface area contributed by atoms with Gasteiger partial charge in [0.25, 0.3) is 5.91 Å². The van der Waals surface area contributed by atoms with E-state index in [1.165, 1.54) is 9.75 Å². The highest BCUT2D eigenvalue weighted by Crippen LogP contribution is 2.23. The Morgan fingerprint density at radius 2 is 1.90 bits per heavy atom. The zero-order valence-corrected chi connectivity index (χ0v) is 14.2. The zero-order chi connectivity index (χ0) is 14.8. The van der Waals surface area contributed by atoms with Gasteiger partial charge >= 0.3 is 0 Å². The average molecular weight is 341 g/mol. The smallest absolute Gasteiger partial charge is 0.264 e. The highest BCUT2D eigenvalue weighted by molar-refractivity contribution is 7.16. The van der Waals surface area contributed by atoms with E-state index in [0.29, 0.717) is 0 Å². The summed E-state index contributed by atoms with van der Waals surface area (Å²) < 4.78 is 0.840. The molecule has 1 amide bonds. The Morgan fingerprint density at radius 1 is 1.14 bits per heavy atom. The minimum Gasteiger partial charge on any atom is -0.335 e. The molecule has 3 heterocycles. The first-order chi connectivity index (χ1) is 10.1. The van der Waals surface area contributed by atoms with Gasteiger partial charge in [0, 0.05) is 42.5 Å². The molecule has 6 heteroatoms. The molecule has 1 saturated heterocycles. The van der Waals surface area contributed by atoms with Crippen LogP contribution in [0.3, 0.4) is 0 Å². The van der Waals surface area contributed by atoms with E-state index in [2.05, 4.69) is 11.0 Å². The standard InChI is InChI=1S/C15H17ClN2OS2/c1-11-2-4-13(20-11)15(19)18-8-6-17(7-9-18)10-12-3-5-14(16)21-12/h2-5H,6-10H2,1H3. The number of nitrogens with zero attached hydrogens (tertiary/aromatic N) is 2. The van der Waals surface area contributed by atoms with E-state index < -0.39 is 0 Å². The van der Waals surface area contributed by atoms with Gasteiger partial charge in [-0.1, -0.05) is 11.6 Å². The van der Waals surface area contributed by atoms with Crippen LogP contribution in [0.5, 0.6) is 0 Å². The van der Waals surface area contributed by atoms with Gasteiger partial charge in [0.2, 0.25) is 0 Å². The molecule has 0 atom stereocenters. The number of thiophene rings is 2. The Balaban J connectivity index is 1.54. The third kappa shape index (κ3) is 3.66. The highest BCUT2D eigenvalue weighted by atomic mass is 35.5. The number of carbonyl (C=O) groups excluding carboxylic acids is 1. The van der Waals surface area contributed by atoms with Crippen LogP contribution in [-0.4, -0.2) is 41.9 Å². The Labute approximate surface area is 137 Å². The van der Waals surface area contributed by atoms with E-state index in [1.807, 2.05) is 30.0 Å². The summed E-state index contributed by atoms with van der Waals surface area (Å²) in [7, 11) is 0. The van der Waals surface area contributed by atoms with Crippen LogP contribution in [0.2, 0.25) is 4.34 Å². The van der Waals surface area contributed by atoms with E-state index in [1.54, 1.807) is 22.7 Å². The third-order valence-corrected chi connectivity index (χ3v) is 5.82. The molecule has 0 aromatic carbocycles. The van der Waals surface area contributed by atoms with Crippen molar-refractivity contribution >= 4 is 40.2 Å². The first kappa shape index (κ1) is 15.0. The van der Waals surface area contributed by atoms with E-state index >= 15 is 0 Å². The first-order valence-electron chi connectivity index (χ1n) is 6.94. The molecule has 21 heavy (non-hydrogen) atoms. The van der Waals surface area contributed by atoms with Gasteiger partial charge in [-0.3, -0.25) is 9.69 Å². The van der Waals surface area contributed by atoms with Crippen molar-refractivity contribution in [3.63, 3.8) is 0 Å². The van der Waals surface area contributed by atoms with Crippen LogP contribution in [0.4, 0.5) is 0 Å². The molecular formula is C15H17ClN2OS2. The SMILES string of the molecule is Cc1ccc(C(=O)N2CCN(Cc3ccc(Cl)s3)CC2)s1. The number of piperazine rings is 1. The average Bonchev–Trinajstić information content (AvgIpc) is 3.08. The van der Waals surface area contributed by atoms with Gasteiger partial charge in [0.05, 0.1) is 9.21 Å². The fourth-order valence-electron chi connectivity index (χ4n) is 2.47. The number of carbonyl (C=O) groups is 1. The van der Waals surface area contributed by atoms with Gasteiger partial charge in [-0.05, 0) is 31.2 Å². The molecule has 1 aliphatic rings. The van der Waals surface area contributed by atoms with Crippen LogP contribution in [0.25, 0.3) is 0 Å². The summed E-state index contributed by atoms with van der Waals surface area (Å²) in [5, 5.41) is 0. The van der Waals surface area contributed by atoms with Crippen LogP contribution in [0.15, 0.2) is 24.3 Å². The first-order valence-corrected chi connectivity index (χ1v) is 8.95. The normalized spacial score (nSPS) is 16.4. The number of hydrogen-bond acceptors (Lipinski definition) is 4. The molecule has 1 fully saturated rings. The molecule has 112 valence electrons. The molecule has 0 unspecified atom stereocenters. The summed E-state index contributed by atoms with van der Waals surface area (Å²) in [6.45, 7) is 6.41. The van der Waals surface area contributed by atoms with Crippen molar-refractivity contribution in [1.82, 2.24) is 9.80 Å². The number of hydrogen-bond donors (Lipinski definition) is 0. The van der Waals surface area contributed by atoms with Crippen molar-refractivity contribution < 1.29 is 4.79 Å². The van der Waals surface area contributed by atoms with Crippen molar-refractivity contribution in [1.29, 1.82) is 0 Å². The van der Waals surface area contributed by atoms with Crippen LogP contribution in [-0.2, 0) is 6.54 Å². The molecule has 3 rings (SSSR count). The second-order valence-corrected chi connectivity index (χ2v) is 8.27. The van der Waals surface area contributed by atoms with Crippen molar-refractivity contribution in [2.45, 2.75) is 13.5 Å². The van der Waals surface area contributed by atoms with Gasteiger partial charge in [-0.2, -0.15) is 0 Å². The summed E-state index contributed by atoms with van der Waals surface area (Å²) in [4.78, 5) is 20.1. The molecular weight excluding hydrogens is 324 g/mol. The molecule has 0 bridgehead atoms. The molecule has 3 nitrogen and oxygen atoms in total. The fourth-order valence-corrected chi connectivity index (χ4v) is 4.44. The van der Waals surface area contributed by atoms with Crippen LogP contribution >= 0.6 is 34.3 Å². The highest BCUT2D eigenvalue weighted by Gasteiger charge is 2.23. The lowest BCUT2D eigenvalue weighted by Gasteiger charge is -2.34. The summed E-state index contributed by atoms with van der Waals surface area (Å²) >= 11 is 9.17. The zero-order valence-electron chi connectivity index (χ0n) is 11.8. The third-order valence-electron chi connectivity index (χ3n) is 3.62. The second-order valence-electron chi connectivity index (χ2n) is 5.18. The van der Waals surface area contributed by atoms with Gasteiger partial charge in [-0.15, -0.1) is 22.7 Å². The molecule has 0 N–H and O–H groups in total. The lowest BCUT2D eigenvalue weighted by Crippen LogP contribution is -2.48. The van der Waals surface area contributed by atoms with Crippen molar-refractivity contribution in [2.24, 2.45) is 0 Å². The number of halogens is 1. The number of aryl methyl sites for hydroxylation is 1. The van der Waals surface area contributed by atoms with Crippen LogP contribution in [0.1, 0.15) is 19.4 Å². The van der Waals surface area contributed by atoms with Crippen molar-refractivity contribution in [2.75, 3.05) is 26.2 Å². The Morgan fingerprint density at radius 3 is 2.48 bits per heavy atom. The van der Waals surface area contributed by atoms with Crippen LogP contribution in [0, 0.1) is 6.92 Å². The molecule has 0 radical (unpaired) electrons. The predicted molar refractivity (Wildman–Crippen MR) is 89.6 cm³/mol. The minimum atomic E-state index is 0.173. The maximum absolute atomic E-state index is 12.4. The van der Waals surface area contributed by atoms with Gasteiger partial charge in [0.15, 0.2) is 0 Å². The topological polar surface area (TPSA) is 23.6 Å². The largest absolute Gasteiger partial charge is 0.335 e. The molecule has 2 aromatic rings. The molecule has 1 aliphatic heterocycles. The molecule has 0 saturated carbocycles. The monoisotopic (exact) mass is 340 g/mol. The molecule has 2 aromatic heterocycles. The van der Waals surface area contributed by atoms with E-state index in [9.17, 15) is 4.79 Å². The summed E-state index contributed by atoms with van der Waals surface area (Å²) in [5.74, 6) is 0.173. The maximum Gasteiger partial charge on any atom is 0.264 e. The van der Waals surface area contributed by atoms with Gasteiger partial charge < -0.3 is 4.90 Å². The Kier molecular flexibility index (Phi) is 4.64. The predicted octanol–water partition coefficient (Wildman–Crippen LogP) is 3.73. The van der Waals surface area contributed by atoms with Crippen LogP contribution < -0.4 is 0 Å². The Bertz CT molecular complexity index is 629. The van der Waals surface area contributed by atoms with Crippen molar-refractivity contribution in [3.8, 4) is 0 Å². The van der Waals surface area contributed by atoms with E-state index in [0.717, 1.165) is 41.9 Å². The Hall–Kier alpha value is -0.880. The maximum atomic E-state index is 12.4. The van der Waals surface area contributed by atoms with Gasteiger partial charge in [0.1, 0.15) is 0 Å². The summed E-state index contributed by atoms with van der Waals surface area (Å²) in [6.07, 6.45) is 0.